The lowest BCUT2D eigenvalue weighted by molar-refractivity contribution is 0.192. The molecule has 3 aromatic rings. The molecule has 0 aliphatic carbocycles. The first-order valence-electron chi connectivity index (χ1n) is 7.81. The Hall–Kier alpha value is -3.28. The summed E-state index contributed by atoms with van der Waals surface area (Å²) in [5, 5.41) is 0.359. The zero-order valence-corrected chi connectivity index (χ0v) is 14.3. The van der Waals surface area contributed by atoms with E-state index < -0.39 is 6.86 Å². The van der Waals surface area contributed by atoms with E-state index in [0.717, 1.165) is 5.56 Å². The van der Waals surface area contributed by atoms with Crippen molar-refractivity contribution in [3.63, 3.8) is 0 Å². The zero-order chi connectivity index (χ0) is 18.5. The third-order valence-electron chi connectivity index (χ3n) is 3.78. The maximum Gasteiger partial charge on any atom is 0.228 e. The molecule has 5 nitrogen and oxygen atoms in total. The van der Waals surface area contributed by atoms with Crippen LogP contribution in [0, 0.1) is 0 Å². The number of alkyl halides is 1. The first kappa shape index (κ1) is 17.5. The van der Waals surface area contributed by atoms with Gasteiger partial charge < -0.3 is 18.6 Å². The molecule has 0 aliphatic rings. The summed E-state index contributed by atoms with van der Waals surface area (Å²) in [4.78, 5) is 12.4. The van der Waals surface area contributed by atoms with Gasteiger partial charge in [-0.05, 0) is 23.8 Å². The van der Waals surface area contributed by atoms with Crippen molar-refractivity contribution in [2.24, 2.45) is 0 Å². The summed E-state index contributed by atoms with van der Waals surface area (Å²) in [5.74, 6) is 1.76. The van der Waals surface area contributed by atoms with Gasteiger partial charge in [-0.25, -0.2) is 4.39 Å². The summed E-state index contributed by atoms with van der Waals surface area (Å²) in [6.45, 7) is -0.871. The van der Waals surface area contributed by atoms with Crippen molar-refractivity contribution in [1.82, 2.24) is 0 Å². The molecule has 0 spiro atoms. The third-order valence-corrected chi connectivity index (χ3v) is 3.78. The van der Waals surface area contributed by atoms with Crippen LogP contribution in [0.25, 0.3) is 23.1 Å². The summed E-state index contributed by atoms with van der Waals surface area (Å²) in [6, 6.07) is 11.5. The SMILES string of the molecule is COc1cc(OC)c2c(=O)cc(/C=C/c3ccc(OCF)cc3)oc2c1. The van der Waals surface area contributed by atoms with Gasteiger partial charge in [-0.15, -0.1) is 0 Å². The Morgan fingerprint density at radius 1 is 1.00 bits per heavy atom. The number of hydrogen-bond donors (Lipinski definition) is 0. The van der Waals surface area contributed by atoms with Gasteiger partial charge >= 0.3 is 0 Å². The first-order valence-corrected chi connectivity index (χ1v) is 7.81. The quantitative estimate of drug-likeness (QED) is 0.660. The minimum absolute atomic E-state index is 0.211. The van der Waals surface area contributed by atoms with Gasteiger partial charge in [0.2, 0.25) is 6.86 Å². The van der Waals surface area contributed by atoms with Crippen LogP contribution in [0.1, 0.15) is 11.3 Å². The van der Waals surface area contributed by atoms with Crippen molar-refractivity contribution in [3.05, 3.63) is 64.0 Å². The molecule has 1 aromatic heterocycles. The van der Waals surface area contributed by atoms with Gasteiger partial charge in [-0.3, -0.25) is 4.79 Å². The van der Waals surface area contributed by atoms with E-state index in [0.29, 0.717) is 34.0 Å². The predicted molar refractivity (Wildman–Crippen MR) is 97.6 cm³/mol. The van der Waals surface area contributed by atoms with Crippen LogP contribution in [0.2, 0.25) is 0 Å². The average molecular weight is 356 g/mol. The Labute approximate surface area is 149 Å². The second kappa shape index (κ2) is 7.74. The van der Waals surface area contributed by atoms with E-state index in [1.165, 1.54) is 20.3 Å². The Kier molecular flexibility index (Phi) is 5.22. The van der Waals surface area contributed by atoms with E-state index in [2.05, 4.69) is 0 Å². The molecule has 2 aromatic carbocycles. The highest BCUT2D eigenvalue weighted by atomic mass is 19.1. The molecule has 3 rings (SSSR count). The number of benzene rings is 2. The van der Waals surface area contributed by atoms with Crippen LogP contribution < -0.4 is 19.6 Å². The van der Waals surface area contributed by atoms with Crippen molar-refractivity contribution in [1.29, 1.82) is 0 Å². The Morgan fingerprint density at radius 2 is 1.77 bits per heavy atom. The van der Waals surface area contributed by atoms with Crippen LogP contribution in [-0.4, -0.2) is 21.1 Å². The predicted octanol–water partition coefficient (Wildman–Crippen LogP) is 4.29. The van der Waals surface area contributed by atoms with Crippen LogP contribution in [0.4, 0.5) is 4.39 Å². The van der Waals surface area contributed by atoms with Crippen LogP contribution >= 0.6 is 0 Å². The fourth-order valence-electron chi connectivity index (χ4n) is 2.52. The van der Waals surface area contributed by atoms with Gasteiger partial charge in [-0.1, -0.05) is 18.2 Å². The Bertz CT molecular complexity index is 989. The first-order chi connectivity index (χ1) is 12.6. The van der Waals surface area contributed by atoms with Crippen LogP contribution in [0.3, 0.4) is 0 Å². The van der Waals surface area contributed by atoms with Gasteiger partial charge in [0, 0.05) is 18.2 Å². The van der Waals surface area contributed by atoms with Gasteiger partial charge in [-0.2, -0.15) is 0 Å². The molecule has 6 heteroatoms. The number of methoxy groups -OCH3 is 2. The van der Waals surface area contributed by atoms with E-state index in [4.69, 9.17) is 18.6 Å². The van der Waals surface area contributed by atoms with E-state index in [1.807, 2.05) is 0 Å². The molecule has 134 valence electrons. The molecule has 0 saturated heterocycles. The molecular formula is C20H17FO5. The highest BCUT2D eigenvalue weighted by molar-refractivity contribution is 5.86. The zero-order valence-electron chi connectivity index (χ0n) is 14.3. The highest BCUT2D eigenvalue weighted by Gasteiger charge is 2.11. The Morgan fingerprint density at radius 3 is 2.42 bits per heavy atom. The monoisotopic (exact) mass is 356 g/mol. The maximum atomic E-state index is 12.4. The van der Waals surface area contributed by atoms with E-state index >= 15 is 0 Å². The molecule has 1 heterocycles. The van der Waals surface area contributed by atoms with Gasteiger partial charge in [0.15, 0.2) is 5.43 Å². The van der Waals surface area contributed by atoms with Crippen LogP contribution in [-0.2, 0) is 0 Å². The fraction of sp³-hybridized carbons (Fsp3) is 0.150. The van der Waals surface area contributed by atoms with Crippen molar-refractivity contribution in [3.8, 4) is 17.2 Å². The second-order valence-electron chi connectivity index (χ2n) is 5.37. The number of hydrogen-bond acceptors (Lipinski definition) is 5. The van der Waals surface area contributed by atoms with Gasteiger partial charge in [0.1, 0.15) is 34.0 Å². The largest absolute Gasteiger partial charge is 0.496 e. The Balaban J connectivity index is 1.96. The number of ether oxygens (including phenoxy) is 3. The van der Waals surface area contributed by atoms with E-state index in [1.54, 1.807) is 48.6 Å². The molecule has 0 N–H and O–H groups in total. The fourth-order valence-corrected chi connectivity index (χ4v) is 2.52. The topological polar surface area (TPSA) is 57.9 Å². The highest BCUT2D eigenvalue weighted by Crippen LogP contribution is 2.29. The van der Waals surface area contributed by atoms with Crippen LogP contribution in [0.5, 0.6) is 17.2 Å². The summed E-state index contributed by atoms with van der Waals surface area (Å²) < 4.78 is 33.1. The standard InChI is InChI=1S/C20H17FO5/c1-23-16-10-18(24-2)20-17(22)9-15(26-19(20)11-16)8-5-13-3-6-14(7-4-13)25-12-21/h3-11H,12H2,1-2H3/b8-5+. The van der Waals surface area contributed by atoms with Crippen molar-refractivity contribution in [2.45, 2.75) is 0 Å². The molecule has 0 atom stereocenters. The normalized spacial score (nSPS) is 11.0. The molecule has 0 bridgehead atoms. The summed E-state index contributed by atoms with van der Waals surface area (Å²) in [7, 11) is 3.01. The third kappa shape index (κ3) is 3.69. The van der Waals surface area contributed by atoms with Crippen molar-refractivity contribution < 1.29 is 23.0 Å². The lowest BCUT2D eigenvalue weighted by Gasteiger charge is -2.08. The molecule has 0 saturated carbocycles. The van der Waals surface area contributed by atoms with E-state index in [-0.39, 0.29) is 5.43 Å². The van der Waals surface area contributed by atoms with Crippen molar-refractivity contribution in [2.75, 3.05) is 21.1 Å². The molecule has 26 heavy (non-hydrogen) atoms. The van der Waals surface area contributed by atoms with E-state index in [9.17, 15) is 9.18 Å². The lowest BCUT2D eigenvalue weighted by atomic mass is 10.1. The van der Waals surface area contributed by atoms with Crippen molar-refractivity contribution >= 4 is 23.1 Å². The molecule has 0 radical (unpaired) electrons. The molecule has 0 aliphatic heterocycles. The summed E-state index contributed by atoms with van der Waals surface area (Å²) in [5.41, 5.74) is 1.01. The molecular weight excluding hydrogens is 339 g/mol. The average Bonchev–Trinajstić information content (AvgIpc) is 2.66. The molecule has 0 amide bonds. The maximum absolute atomic E-state index is 12.4. The molecule has 0 fully saturated rings. The number of rotatable bonds is 6. The lowest BCUT2D eigenvalue weighted by Crippen LogP contribution is -2.03. The van der Waals surface area contributed by atoms with Gasteiger partial charge in [0.25, 0.3) is 0 Å². The summed E-state index contributed by atoms with van der Waals surface area (Å²) >= 11 is 0. The molecule has 0 unspecified atom stereocenters. The minimum atomic E-state index is -0.871. The summed E-state index contributed by atoms with van der Waals surface area (Å²) in [6.07, 6.45) is 3.46. The van der Waals surface area contributed by atoms with Crippen LogP contribution in [0.15, 0.2) is 51.7 Å². The minimum Gasteiger partial charge on any atom is -0.496 e. The number of fused-ring (bicyclic) bond motifs is 1. The number of halogens is 1. The second-order valence-corrected chi connectivity index (χ2v) is 5.37. The van der Waals surface area contributed by atoms with Gasteiger partial charge in [0.05, 0.1) is 14.2 Å². The smallest absolute Gasteiger partial charge is 0.228 e.